The van der Waals surface area contributed by atoms with Gasteiger partial charge in [-0.25, -0.2) is 0 Å². The van der Waals surface area contributed by atoms with Crippen LogP contribution >= 0.6 is 0 Å². The van der Waals surface area contributed by atoms with Gasteiger partial charge < -0.3 is 10.1 Å². The fourth-order valence-corrected chi connectivity index (χ4v) is 2.56. The minimum atomic E-state index is -0.551. The Kier molecular flexibility index (Phi) is 4.94. The Hall–Kier alpha value is -3.67. The first-order valence-electron chi connectivity index (χ1n) is 7.88. The van der Waals surface area contributed by atoms with E-state index in [9.17, 15) is 14.9 Å². The number of hydrogen-bond acceptors (Lipinski definition) is 4. The highest BCUT2D eigenvalue weighted by molar-refractivity contribution is 6.06. The predicted molar refractivity (Wildman–Crippen MR) is 99.5 cm³/mol. The van der Waals surface area contributed by atoms with Crippen LogP contribution in [-0.4, -0.2) is 17.9 Å². The lowest BCUT2D eigenvalue weighted by atomic mass is 10.1. The summed E-state index contributed by atoms with van der Waals surface area (Å²) in [7, 11) is 1.41. The third kappa shape index (κ3) is 3.70. The molecule has 0 spiro atoms. The van der Waals surface area contributed by atoms with Crippen LogP contribution in [0.15, 0.2) is 72.8 Å². The molecule has 3 aromatic carbocycles. The number of amides is 1. The van der Waals surface area contributed by atoms with Crippen molar-refractivity contribution in [3.05, 3.63) is 88.5 Å². The molecule has 0 saturated carbocycles. The second kappa shape index (κ2) is 7.48. The van der Waals surface area contributed by atoms with E-state index in [0.717, 1.165) is 11.1 Å². The van der Waals surface area contributed by atoms with Crippen molar-refractivity contribution in [2.45, 2.75) is 0 Å². The average molecular weight is 348 g/mol. The quantitative estimate of drug-likeness (QED) is 0.543. The summed E-state index contributed by atoms with van der Waals surface area (Å²) in [5, 5.41) is 13.7. The van der Waals surface area contributed by atoms with Crippen molar-refractivity contribution >= 4 is 17.3 Å². The van der Waals surface area contributed by atoms with Gasteiger partial charge in [-0.15, -0.1) is 0 Å². The standard InChI is InChI=1S/C20H16N2O4/c1-26-19-12-11-17(22(24)25)13-18(19)20(23)21-16-9-7-15(8-10-16)14-5-3-2-4-6-14/h2-13H,1H3,(H,21,23). The Labute approximate surface area is 150 Å². The van der Waals surface area contributed by atoms with Gasteiger partial charge >= 0.3 is 0 Å². The summed E-state index contributed by atoms with van der Waals surface area (Å²) in [6, 6.07) is 21.1. The maximum absolute atomic E-state index is 12.5. The molecule has 0 aliphatic heterocycles. The number of nitrogens with one attached hydrogen (secondary N) is 1. The Morgan fingerprint density at radius 3 is 2.23 bits per heavy atom. The van der Waals surface area contributed by atoms with E-state index in [1.807, 2.05) is 42.5 Å². The second-order valence-corrected chi connectivity index (χ2v) is 5.54. The van der Waals surface area contributed by atoms with Crippen LogP contribution in [0.4, 0.5) is 11.4 Å². The van der Waals surface area contributed by atoms with Gasteiger partial charge in [0.25, 0.3) is 11.6 Å². The van der Waals surface area contributed by atoms with Crippen LogP contribution in [0.5, 0.6) is 5.75 Å². The highest BCUT2D eigenvalue weighted by atomic mass is 16.6. The molecule has 1 N–H and O–H groups in total. The molecule has 3 aromatic rings. The summed E-state index contributed by atoms with van der Waals surface area (Å²) < 4.78 is 5.13. The highest BCUT2D eigenvalue weighted by Gasteiger charge is 2.17. The van der Waals surface area contributed by atoms with Crippen LogP contribution < -0.4 is 10.1 Å². The maximum Gasteiger partial charge on any atom is 0.270 e. The van der Waals surface area contributed by atoms with E-state index in [2.05, 4.69) is 5.32 Å². The number of benzene rings is 3. The van der Waals surface area contributed by atoms with Crippen molar-refractivity contribution in [1.82, 2.24) is 0 Å². The van der Waals surface area contributed by atoms with Gasteiger partial charge in [0.2, 0.25) is 0 Å². The Bertz CT molecular complexity index is 938. The Morgan fingerprint density at radius 2 is 1.62 bits per heavy atom. The van der Waals surface area contributed by atoms with E-state index in [4.69, 9.17) is 4.74 Å². The van der Waals surface area contributed by atoms with Crippen LogP contribution in [0.2, 0.25) is 0 Å². The summed E-state index contributed by atoms with van der Waals surface area (Å²) in [6.07, 6.45) is 0. The number of carbonyl (C=O) groups is 1. The first kappa shape index (κ1) is 17.2. The van der Waals surface area contributed by atoms with Crippen molar-refractivity contribution < 1.29 is 14.5 Å². The second-order valence-electron chi connectivity index (χ2n) is 5.54. The summed E-state index contributed by atoms with van der Waals surface area (Å²) in [6.45, 7) is 0. The van der Waals surface area contributed by atoms with E-state index in [-0.39, 0.29) is 17.0 Å². The number of non-ortho nitro benzene ring substituents is 1. The van der Waals surface area contributed by atoms with Crippen molar-refractivity contribution in [3.8, 4) is 16.9 Å². The lowest BCUT2D eigenvalue weighted by Gasteiger charge is -2.10. The smallest absolute Gasteiger partial charge is 0.270 e. The van der Waals surface area contributed by atoms with Crippen molar-refractivity contribution in [2.24, 2.45) is 0 Å². The van der Waals surface area contributed by atoms with Gasteiger partial charge in [0.1, 0.15) is 5.75 Å². The number of nitro groups is 1. The molecule has 6 nitrogen and oxygen atoms in total. The molecule has 0 unspecified atom stereocenters. The number of methoxy groups -OCH3 is 1. The molecular formula is C20H16N2O4. The van der Waals surface area contributed by atoms with Gasteiger partial charge in [-0.2, -0.15) is 0 Å². The average Bonchev–Trinajstić information content (AvgIpc) is 2.68. The number of rotatable bonds is 5. The maximum atomic E-state index is 12.5. The molecule has 6 heteroatoms. The van der Waals surface area contributed by atoms with Crippen LogP contribution in [0.1, 0.15) is 10.4 Å². The Morgan fingerprint density at radius 1 is 0.962 bits per heavy atom. The van der Waals surface area contributed by atoms with E-state index < -0.39 is 10.8 Å². The highest BCUT2D eigenvalue weighted by Crippen LogP contribution is 2.26. The molecule has 3 rings (SSSR count). The van der Waals surface area contributed by atoms with E-state index in [1.165, 1.54) is 25.3 Å². The number of nitrogens with zero attached hydrogens (tertiary/aromatic N) is 1. The van der Waals surface area contributed by atoms with Gasteiger partial charge in [-0.05, 0) is 29.3 Å². The molecule has 0 radical (unpaired) electrons. The first-order chi connectivity index (χ1) is 12.6. The molecule has 130 valence electrons. The zero-order valence-electron chi connectivity index (χ0n) is 14.0. The zero-order valence-corrected chi connectivity index (χ0v) is 14.0. The number of ether oxygens (including phenoxy) is 1. The Balaban J connectivity index is 1.82. The minimum absolute atomic E-state index is 0.105. The van der Waals surface area contributed by atoms with Crippen molar-refractivity contribution in [1.29, 1.82) is 0 Å². The van der Waals surface area contributed by atoms with Crippen molar-refractivity contribution in [3.63, 3.8) is 0 Å². The monoisotopic (exact) mass is 348 g/mol. The lowest BCUT2D eigenvalue weighted by Crippen LogP contribution is -2.13. The minimum Gasteiger partial charge on any atom is -0.496 e. The SMILES string of the molecule is COc1ccc([N+](=O)[O-])cc1C(=O)Nc1ccc(-c2ccccc2)cc1. The molecule has 0 atom stereocenters. The third-order valence-electron chi connectivity index (χ3n) is 3.89. The van der Waals surface area contributed by atoms with Crippen LogP contribution in [0.3, 0.4) is 0 Å². The molecule has 0 saturated heterocycles. The molecule has 0 bridgehead atoms. The fourth-order valence-electron chi connectivity index (χ4n) is 2.56. The third-order valence-corrected chi connectivity index (χ3v) is 3.89. The number of hydrogen-bond donors (Lipinski definition) is 1. The molecule has 0 heterocycles. The molecule has 26 heavy (non-hydrogen) atoms. The number of anilines is 1. The van der Waals surface area contributed by atoms with Gasteiger partial charge in [0.05, 0.1) is 17.6 Å². The zero-order chi connectivity index (χ0) is 18.5. The fraction of sp³-hybridized carbons (Fsp3) is 0.0500. The largest absolute Gasteiger partial charge is 0.496 e. The molecule has 0 aliphatic carbocycles. The van der Waals surface area contributed by atoms with E-state index >= 15 is 0 Å². The first-order valence-corrected chi connectivity index (χ1v) is 7.88. The summed E-state index contributed by atoms with van der Waals surface area (Å²) in [5.74, 6) is -0.202. The van der Waals surface area contributed by atoms with E-state index in [1.54, 1.807) is 12.1 Å². The van der Waals surface area contributed by atoms with E-state index in [0.29, 0.717) is 5.69 Å². The van der Waals surface area contributed by atoms with Gasteiger partial charge in [-0.3, -0.25) is 14.9 Å². The van der Waals surface area contributed by atoms with Gasteiger partial charge in [-0.1, -0.05) is 42.5 Å². The topological polar surface area (TPSA) is 81.5 Å². The summed E-state index contributed by atoms with van der Waals surface area (Å²) >= 11 is 0. The predicted octanol–water partition coefficient (Wildman–Crippen LogP) is 4.52. The van der Waals surface area contributed by atoms with Crippen LogP contribution in [0.25, 0.3) is 11.1 Å². The number of nitro benzene ring substituents is 1. The molecule has 1 amide bonds. The van der Waals surface area contributed by atoms with Gasteiger partial charge in [0, 0.05) is 17.8 Å². The van der Waals surface area contributed by atoms with Crippen LogP contribution in [-0.2, 0) is 0 Å². The molecule has 0 aliphatic rings. The molecular weight excluding hydrogens is 332 g/mol. The van der Waals surface area contributed by atoms with Crippen LogP contribution in [0, 0.1) is 10.1 Å². The van der Waals surface area contributed by atoms with Gasteiger partial charge in [0.15, 0.2) is 0 Å². The molecule has 0 aromatic heterocycles. The lowest BCUT2D eigenvalue weighted by molar-refractivity contribution is -0.384. The summed E-state index contributed by atoms with van der Waals surface area (Å²) in [4.78, 5) is 22.9. The summed E-state index contributed by atoms with van der Waals surface area (Å²) in [5.41, 5.74) is 2.62. The normalized spacial score (nSPS) is 10.2. The van der Waals surface area contributed by atoms with Crippen molar-refractivity contribution in [2.75, 3.05) is 12.4 Å². The number of carbonyl (C=O) groups excluding carboxylic acids is 1. The molecule has 0 fully saturated rings.